The van der Waals surface area contributed by atoms with Gasteiger partial charge in [-0.25, -0.2) is 0 Å². The number of carbonyl (C=O) groups excluding carboxylic acids is 2. The summed E-state index contributed by atoms with van der Waals surface area (Å²) in [6.45, 7) is 3.77. The van der Waals surface area contributed by atoms with Crippen LogP contribution < -0.4 is 5.32 Å². The minimum atomic E-state index is -0.129. The van der Waals surface area contributed by atoms with Crippen LogP contribution in [0.1, 0.15) is 37.7 Å². The van der Waals surface area contributed by atoms with Crippen molar-refractivity contribution in [3.63, 3.8) is 0 Å². The van der Waals surface area contributed by atoms with Crippen molar-refractivity contribution in [1.82, 2.24) is 20.0 Å². The van der Waals surface area contributed by atoms with Gasteiger partial charge in [0.2, 0.25) is 11.8 Å². The number of nitrogens with one attached hydrogen (secondary N) is 1. The zero-order valence-corrected chi connectivity index (χ0v) is 18.8. The molecule has 0 aromatic heterocycles. The summed E-state index contributed by atoms with van der Waals surface area (Å²) in [5.74, 6) is 0.344. The van der Waals surface area contributed by atoms with Gasteiger partial charge in [-0.05, 0) is 38.3 Å². The predicted octanol–water partition coefficient (Wildman–Crippen LogP) is 1.48. The van der Waals surface area contributed by atoms with Crippen molar-refractivity contribution >= 4 is 11.8 Å². The molecule has 0 unspecified atom stereocenters. The van der Waals surface area contributed by atoms with Crippen molar-refractivity contribution in [3.8, 4) is 0 Å². The quantitative estimate of drug-likeness (QED) is 0.713. The van der Waals surface area contributed by atoms with Gasteiger partial charge in [0.05, 0.1) is 12.6 Å². The minimum absolute atomic E-state index is 0.124. The Morgan fingerprint density at radius 2 is 1.97 bits per heavy atom. The Morgan fingerprint density at radius 3 is 2.74 bits per heavy atom. The number of likely N-dealkylation sites (N-methyl/N-ethyl adjacent to an activating group) is 1. The second kappa shape index (κ2) is 10.1. The number of nitrogens with zero attached hydrogens (tertiary/aromatic N) is 3. The predicted molar refractivity (Wildman–Crippen MR) is 119 cm³/mol. The normalized spacial score (nSPS) is 29.6. The first-order chi connectivity index (χ1) is 15.1. The molecule has 7 heteroatoms. The Morgan fingerprint density at radius 1 is 1.16 bits per heavy atom. The average molecular weight is 429 g/mol. The van der Waals surface area contributed by atoms with Crippen LogP contribution in [0.2, 0.25) is 0 Å². The number of likely N-dealkylation sites (tertiary alicyclic amines) is 2. The Balaban J connectivity index is 1.36. The maximum Gasteiger partial charge on any atom is 0.239 e. The topological polar surface area (TPSA) is 65.1 Å². The Bertz CT molecular complexity index is 758. The highest BCUT2D eigenvalue weighted by atomic mass is 16.5. The number of ether oxygens (including phenoxy) is 1. The molecule has 7 nitrogen and oxygen atoms in total. The molecule has 4 atom stereocenters. The van der Waals surface area contributed by atoms with Crippen LogP contribution >= 0.6 is 0 Å². The van der Waals surface area contributed by atoms with Crippen LogP contribution in [0.15, 0.2) is 30.3 Å². The third-order valence-corrected chi connectivity index (χ3v) is 7.33. The van der Waals surface area contributed by atoms with Gasteiger partial charge in [0.1, 0.15) is 6.04 Å². The van der Waals surface area contributed by atoms with Crippen molar-refractivity contribution < 1.29 is 14.3 Å². The van der Waals surface area contributed by atoms with Gasteiger partial charge < -0.3 is 15.0 Å². The van der Waals surface area contributed by atoms with Gasteiger partial charge in [-0.15, -0.1) is 0 Å². The van der Waals surface area contributed by atoms with E-state index in [2.05, 4.69) is 34.3 Å². The van der Waals surface area contributed by atoms with E-state index < -0.39 is 0 Å². The molecule has 4 rings (SSSR count). The first kappa shape index (κ1) is 22.2. The first-order valence-corrected chi connectivity index (χ1v) is 11.6. The third kappa shape index (κ3) is 4.94. The fourth-order valence-electron chi connectivity index (χ4n) is 5.61. The zero-order chi connectivity index (χ0) is 21.8. The first-order valence-electron chi connectivity index (χ1n) is 11.6. The van der Waals surface area contributed by atoms with E-state index in [-0.39, 0.29) is 36.0 Å². The summed E-state index contributed by atoms with van der Waals surface area (Å²) < 4.78 is 5.29. The van der Waals surface area contributed by atoms with Gasteiger partial charge in [-0.2, -0.15) is 0 Å². The molecule has 1 aromatic carbocycles. The third-order valence-electron chi connectivity index (χ3n) is 7.33. The summed E-state index contributed by atoms with van der Waals surface area (Å²) >= 11 is 0. The van der Waals surface area contributed by atoms with Crippen molar-refractivity contribution in [3.05, 3.63) is 35.9 Å². The van der Waals surface area contributed by atoms with E-state index in [1.807, 2.05) is 23.1 Å². The average Bonchev–Trinajstić information content (AvgIpc) is 3.38. The molecular formula is C24H36N4O3. The monoisotopic (exact) mass is 428 g/mol. The molecule has 0 spiro atoms. The maximum absolute atomic E-state index is 13.0. The Labute approximate surface area is 185 Å². The molecule has 1 aromatic rings. The minimum Gasteiger partial charge on any atom is -0.383 e. The fourth-order valence-corrected chi connectivity index (χ4v) is 5.61. The summed E-state index contributed by atoms with van der Waals surface area (Å²) in [5, 5.41) is 3.17. The zero-order valence-electron chi connectivity index (χ0n) is 18.8. The summed E-state index contributed by atoms with van der Waals surface area (Å²) in [5.41, 5.74) is 1.24. The van der Waals surface area contributed by atoms with Crippen molar-refractivity contribution in [1.29, 1.82) is 0 Å². The van der Waals surface area contributed by atoms with E-state index >= 15 is 0 Å². The number of amides is 2. The molecule has 3 aliphatic heterocycles. The standard InChI is InChI=1S/C24H36N4O3/c1-26-19(10-11-22(29)28-13-6-9-20(28)17-31-2)15-25-24(30)23-21(26)12-14-27(23)16-18-7-4-3-5-8-18/h3-5,7-8,19-21,23H,6,9-17H2,1-2H3,(H,25,30)/t19-,20+,21+,23-/m0/s1. The number of rotatable bonds is 7. The number of hydrogen-bond acceptors (Lipinski definition) is 5. The number of carbonyl (C=O) groups is 2. The van der Waals surface area contributed by atoms with Crippen LogP contribution in [0.4, 0.5) is 0 Å². The highest BCUT2D eigenvalue weighted by molar-refractivity contribution is 5.83. The second-order valence-corrected chi connectivity index (χ2v) is 9.20. The summed E-state index contributed by atoms with van der Waals surface area (Å²) in [7, 11) is 3.83. The molecule has 0 radical (unpaired) electrons. The molecule has 170 valence electrons. The maximum atomic E-state index is 13.0. The molecule has 1 N–H and O–H groups in total. The van der Waals surface area contributed by atoms with Crippen molar-refractivity contribution in [2.75, 3.05) is 40.4 Å². The van der Waals surface area contributed by atoms with E-state index in [0.717, 1.165) is 45.3 Å². The number of benzene rings is 1. The number of methoxy groups -OCH3 is 1. The molecule has 2 amide bonds. The molecule has 3 heterocycles. The van der Waals surface area contributed by atoms with Crippen molar-refractivity contribution in [2.45, 2.75) is 62.8 Å². The summed E-state index contributed by atoms with van der Waals surface area (Å²) in [6.07, 6.45) is 4.36. The molecule has 0 aliphatic carbocycles. The smallest absolute Gasteiger partial charge is 0.239 e. The van der Waals surface area contributed by atoms with Gasteiger partial charge in [0.25, 0.3) is 0 Å². The molecular weight excluding hydrogens is 392 g/mol. The fraction of sp³-hybridized carbons (Fsp3) is 0.667. The van der Waals surface area contributed by atoms with Crippen LogP contribution in [-0.4, -0.2) is 91.1 Å². The van der Waals surface area contributed by atoms with Crippen LogP contribution in [0.5, 0.6) is 0 Å². The molecule has 3 fully saturated rings. The highest BCUT2D eigenvalue weighted by Gasteiger charge is 2.45. The molecule has 31 heavy (non-hydrogen) atoms. The molecule has 3 saturated heterocycles. The number of hydrogen-bond donors (Lipinski definition) is 1. The Hall–Kier alpha value is -1.96. The lowest BCUT2D eigenvalue weighted by molar-refractivity contribution is -0.133. The largest absolute Gasteiger partial charge is 0.383 e. The van der Waals surface area contributed by atoms with E-state index in [9.17, 15) is 9.59 Å². The van der Waals surface area contributed by atoms with Gasteiger partial charge in [0, 0.05) is 51.8 Å². The van der Waals surface area contributed by atoms with Crippen LogP contribution in [0, 0.1) is 0 Å². The van der Waals surface area contributed by atoms with Crippen LogP contribution in [-0.2, 0) is 20.9 Å². The lowest BCUT2D eigenvalue weighted by atomic mass is 10.0. The summed E-state index contributed by atoms with van der Waals surface area (Å²) in [4.78, 5) is 32.5. The van der Waals surface area contributed by atoms with Crippen LogP contribution in [0.3, 0.4) is 0 Å². The Kier molecular flexibility index (Phi) is 7.25. The van der Waals surface area contributed by atoms with Gasteiger partial charge in [0.15, 0.2) is 0 Å². The SMILES string of the molecule is COC[C@H]1CCCN1C(=O)CC[C@H]1CNC(=O)[C@@H]2[C@@H](CCN2Cc2ccccc2)N1C. The van der Waals surface area contributed by atoms with Crippen LogP contribution in [0.25, 0.3) is 0 Å². The molecule has 3 aliphatic rings. The van der Waals surface area contributed by atoms with E-state index in [0.29, 0.717) is 19.6 Å². The van der Waals surface area contributed by atoms with Gasteiger partial charge in [-0.1, -0.05) is 30.3 Å². The second-order valence-electron chi connectivity index (χ2n) is 9.20. The summed E-state index contributed by atoms with van der Waals surface area (Å²) in [6, 6.07) is 10.8. The number of fused-ring (bicyclic) bond motifs is 1. The van der Waals surface area contributed by atoms with Crippen molar-refractivity contribution in [2.24, 2.45) is 0 Å². The lowest BCUT2D eigenvalue weighted by Crippen LogP contribution is -2.49. The highest BCUT2D eigenvalue weighted by Crippen LogP contribution is 2.29. The lowest BCUT2D eigenvalue weighted by Gasteiger charge is -2.33. The van der Waals surface area contributed by atoms with Gasteiger partial charge >= 0.3 is 0 Å². The van der Waals surface area contributed by atoms with E-state index in [1.54, 1.807) is 7.11 Å². The molecule has 0 saturated carbocycles. The molecule has 0 bridgehead atoms. The van der Waals surface area contributed by atoms with E-state index in [4.69, 9.17) is 4.74 Å². The van der Waals surface area contributed by atoms with E-state index in [1.165, 1.54) is 5.56 Å². The van der Waals surface area contributed by atoms with Gasteiger partial charge in [-0.3, -0.25) is 19.4 Å².